The third-order valence-electron chi connectivity index (χ3n) is 10.2. The fourth-order valence-electron chi connectivity index (χ4n) is 8.14. The number of carbonyl (C=O) groups excluding carboxylic acids is 1. The minimum atomic E-state index is -0.0563. The Morgan fingerprint density at radius 2 is 1.88 bits per heavy atom. The molecule has 1 aromatic carbocycles. The van der Waals surface area contributed by atoms with E-state index in [1.807, 2.05) is 35.9 Å². The first kappa shape index (κ1) is 22.9. The fourth-order valence-corrected chi connectivity index (χ4v) is 8.14. The van der Waals surface area contributed by atoms with Gasteiger partial charge in [0, 0.05) is 6.42 Å². The van der Waals surface area contributed by atoms with E-state index in [4.69, 9.17) is 4.74 Å². The Morgan fingerprint density at radius 1 is 1.06 bits per heavy atom. The quantitative estimate of drug-likeness (QED) is 0.412. The standard InChI is InChI=1S/C31H42O2/c1-22(12-17-29(32)33-21-23-9-5-4-6-10-23)26-15-16-27-25-14-13-24-11-7-8-19-30(24,2)28(25)18-20-31(26,27)3/h4-6,9-10,16,22,24,26H,7-8,11-15,17-21H2,1-3H3/t22-,24?,26-,30+,31-/m1/s1. The Labute approximate surface area is 200 Å². The molecule has 4 aliphatic rings. The average Bonchev–Trinajstić information content (AvgIpc) is 3.19. The van der Waals surface area contributed by atoms with Crippen LogP contribution in [0, 0.1) is 28.6 Å². The number of benzene rings is 1. The van der Waals surface area contributed by atoms with Crippen molar-refractivity contribution in [3.05, 3.63) is 58.7 Å². The molecule has 0 heterocycles. The van der Waals surface area contributed by atoms with E-state index < -0.39 is 0 Å². The molecule has 1 saturated carbocycles. The van der Waals surface area contributed by atoms with Crippen LogP contribution in [0.1, 0.15) is 97.0 Å². The minimum absolute atomic E-state index is 0.0563. The number of esters is 1. The van der Waals surface area contributed by atoms with Gasteiger partial charge in [-0.05, 0) is 96.7 Å². The van der Waals surface area contributed by atoms with Gasteiger partial charge < -0.3 is 4.74 Å². The smallest absolute Gasteiger partial charge is 0.306 e. The summed E-state index contributed by atoms with van der Waals surface area (Å²) in [5.41, 5.74) is 7.15. The van der Waals surface area contributed by atoms with Gasteiger partial charge in [0.25, 0.3) is 0 Å². The van der Waals surface area contributed by atoms with Crippen LogP contribution in [0.5, 0.6) is 0 Å². The monoisotopic (exact) mass is 446 g/mol. The van der Waals surface area contributed by atoms with E-state index in [-0.39, 0.29) is 5.97 Å². The molecule has 33 heavy (non-hydrogen) atoms. The number of hydrogen-bond acceptors (Lipinski definition) is 2. The Balaban J connectivity index is 1.22. The molecule has 0 radical (unpaired) electrons. The van der Waals surface area contributed by atoms with Gasteiger partial charge in [-0.15, -0.1) is 0 Å². The fraction of sp³-hybridized carbons (Fsp3) is 0.645. The predicted molar refractivity (Wildman–Crippen MR) is 134 cm³/mol. The summed E-state index contributed by atoms with van der Waals surface area (Å²) in [5, 5.41) is 0. The van der Waals surface area contributed by atoms with Gasteiger partial charge in [0.15, 0.2) is 0 Å². The van der Waals surface area contributed by atoms with Crippen LogP contribution < -0.4 is 0 Å². The Morgan fingerprint density at radius 3 is 2.70 bits per heavy atom. The second-order valence-electron chi connectivity index (χ2n) is 11.9. The summed E-state index contributed by atoms with van der Waals surface area (Å²) < 4.78 is 5.55. The minimum Gasteiger partial charge on any atom is -0.461 e. The molecular weight excluding hydrogens is 404 g/mol. The van der Waals surface area contributed by atoms with Crippen molar-refractivity contribution in [3.63, 3.8) is 0 Å². The molecule has 1 unspecified atom stereocenters. The molecule has 0 amide bonds. The van der Waals surface area contributed by atoms with Crippen LogP contribution >= 0.6 is 0 Å². The second kappa shape index (κ2) is 9.08. The first-order chi connectivity index (χ1) is 15.9. The highest BCUT2D eigenvalue weighted by Crippen LogP contribution is 2.64. The molecule has 0 saturated heterocycles. The Hall–Kier alpha value is -1.83. The SMILES string of the molecule is C[C@H](CCC(=O)OCc1ccccc1)[C@H]1CC=C2C3=C(CC[C@@]21C)[C@@]1(C)CCCCC1CC3. The lowest BCUT2D eigenvalue weighted by Gasteiger charge is -2.53. The first-order valence-electron chi connectivity index (χ1n) is 13.5. The number of carbonyl (C=O) groups is 1. The van der Waals surface area contributed by atoms with E-state index in [2.05, 4.69) is 26.8 Å². The number of rotatable bonds is 6. The van der Waals surface area contributed by atoms with Crippen molar-refractivity contribution >= 4 is 5.97 Å². The van der Waals surface area contributed by atoms with Crippen LogP contribution in [-0.4, -0.2) is 5.97 Å². The lowest BCUT2D eigenvalue weighted by Crippen LogP contribution is -2.41. The van der Waals surface area contributed by atoms with Crippen molar-refractivity contribution in [3.8, 4) is 0 Å². The average molecular weight is 447 g/mol. The molecule has 0 N–H and O–H groups in total. The molecule has 4 aliphatic carbocycles. The highest BCUT2D eigenvalue weighted by Gasteiger charge is 2.52. The summed E-state index contributed by atoms with van der Waals surface area (Å²) in [4.78, 5) is 12.4. The molecule has 0 spiro atoms. The molecule has 1 fully saturated rings. The maximum atomic E-state index is 12.4. The lowest BCUT2D eigenvalue weighted by molar-refractivity contribution is -0.145. The van der Waals surface area contributed by atoms with Crippen LogP contribution in [0.25, 0.3) is 0 Å². The van der Waals surface area contributed by atoms with Gasteiger partial charge in [0.2, 0.25) is 0 Å². The Bertz CT molecular complexity index is 941. The molecule has 5 rings (SSSR count). The van der Waals surface area contributed by atoms with E-state index >= 15 is 0 Å². The molecule has 0 aromatic heterocycles. The van der Waals surface area contributed by atoms with Gasteiger partial charge in [-0.3, -0.25) is 4.79 Å². The maximum Gasteiger partial charge on any atom is 0.306 e. The van der Waals surface area contributed by atoms with Crippen LogP contribution in [0.4, 0.5) is 0 Å². The number of hydrogen-bond donors (Lipinski definition) is 0. The van der Waals surface area contributed by atoms with Crippen molar-refractivity contribution < 1.29 is 9.53 Å². The molecule has 0 bridgehead atoms. The van der Waals surface area contributed by atoms with Crippen molar-refractivity contribution in [2.45, 2.75) is 98.0 Å². The van der Waals surface area contributed by atoms with Gasteiger partial charge in [-0.25, -0.2) is 0 Å². The Kier molecular flexibility index (Phi) is 6.31. The van der Waals surface area contributed by atoms with E-state index in [1.165, 1.54) is 57.8 Å². The largest absolute Gasteiger partial charge is 0.461 e. The molecule has 5 atom stereocenters. The topological polar surface area (TPSA) is 26.3 Å². The predicted octanol–water partition coefficient (Wildman–Crippen LogP) is 8.18. The molecule has 2 heteroatoms. The molecule has 178 valence electrons. The molecular formula is C31H42O2. The highest BCUT2D eigenvalue weighted by atomic mass is 16.5. The van der Waals surface area contributed by atoms with E-state index in [1.54, 1.807) is 11.1 Å². The van der Waals surface area contributed by atoms with Gasteiger partial charge in [-0.2, -0.15) is 0 Å². The van der Waals surface area contributed by atoms with Crippen LogP contribution in [0.15, 0.2) is 53.1 Å². The van der Waals surface area contributed by atoms with Gasteiger partial charge in [0.1, 0.15) is 6.61 Å². The van der Waals surface area contributed by atoms with Crippen molar-refractivity contribution in [2.75, 3.05) is 0 Å². The highest BCUT2D eigenvalue weighted by molar-refractivity contribution is 5.69. The second-order valence-corrected chi connectivity index (χ2v) is 11.9. The van der Waals surface area contributed by atoms with Crippen molar-refractivity contribution in [2.24, 2.45) is 28.6 Å². The van der Waals surface area contributed by atoms with Crippen molar-refractivity contribution in [1.29, 1.82) is 0 Å². The normalized spacial score (nSPS) is 34.1. The van der Waals surface area contributed by atoms with Crippen LogP contribution in [-0.2, 0) is 16.1 Å². The lowest BCUT2D eigenvalue weighted by atomic mass is 9.52. The van der Waals surface area contributed by atoms with Gasteiger partial charge >= 0.3 is 5.97 Å². The summed E-state index contributed by atoms with van der Waals surface area (Å²) in [6.07, 6.45) is 16.3. The van der Waals surface area contributed by atoms with E-state index in [0.29, 0.717) is 35.7 Å². The number of fused-ring (bicyclic) bond motifs is 4. The first-order valence-corrected chi connectivity index (χ1v) is 13.5. The van der Waals surface area contributed by atoms with Crippen LogP contribution in [0.3, 0.4) is 0 Å². The van der Waals surface area contributed by atoms with Gasteiger partial charge in [-0.1, -0.05) is 75.6 Å². The molecule has 2 nitrogen and oxygen atoms in total. The summed E-state index contributed by atoms with van der Waals surface area (Å²) in [6, 6.07) is 9.99. The maximum absolute atomic E-state index is 12.4. The van der Waals surface area contributed by atoms with E-state index in [9.17, 15) is 4.79 Å². The zero-order chi connectivity index (χ0) is 23.1. The van der Waals surface area contributed by atoms with Gasteiger partial charge in [0.05, 0.1) is 0 Å². The number of ether oxygens (including phenoxy) is 1. The molecule has 1 aromatic rings. The summed E-state index contributed by atoms with van der Waals surface area (Å²) in [5.74, 6) is 2.06. The summed E-state index contributed by atoms with van der Waals surface area (Å²) >= 11 is 0. The van der Waals surface area contributed by atoms with E-state index in [0.717, 1.165) is 17.9 Å². The van der Waals surface area contributed by atoms with Crippen molar-refractivity contribution in [1.82, 2.24) is 0 Å². The third-order valence-corrected chi connectivity index (χ3v) is 10.2. The summed E-state index contributed by atoms with van der Waals surface area (Å²) in [6.45, 7) is 7.91. The summed E-state index contributed by atoms with van der Waals surface area (Å²) in [7, 11) is 0. The molecule has 0 aliphatic heterocycles. The zero-order valence-corrected chi connectivity index (χ0v) is 21.0. The third kappa shape index (κ3) is 4.13. The van der Waals surface area contributed by atoms with Crippen LogP contribution in [0.2, 0.25) is 0 Å². The zero-order valence-electron chi connectivity index (χ0n) is 21.0. The number of allylic oxidation sites excluding steroid dienone is 4.